The molecule has 0 saturated heterocycles. The number of aromatic nitrogens is 1. The van der Waals surface area contributed by atoms with Crippen molar-refractivity contribution in [3.8, 4) is 5.75 Å². The zero-order valence-corrected chi connectivity index (χ0v) is 20.1. The lowest BCUT2D eigenvalue weighted by Gasteiger charge is -2.24. The highest BCUT2D eigenvalue weighted by Gasteiger charge is 2.43. The van der Waals surface area contributed by atoms with Crippen molar-refractivity contribution in [2.45, 2.75) is 44.4 Å². The number of carbonyl (C=O) groups is 1. The molecule has 0 aliphatic carbocycles. The van der Waals surface area contributed by atoms with Crippen LogP contribution in [0.4, 0.5) is 13.2 Å². The second-order valence-corrected chi connectivity index (χ2v) is 9.62. The van der Waals surface area contributed by atoms with Crippen LogP contribution in [0.1, 0.15) is 27.2 Å². The summed E-state index contributed by atoms with van der Waals surface area (Å²) in [6, 6.07) is 6.68. The molecular formula is C23H25F3N2O5S. The largest absolute Gasteiger partial charge is 0.496 e. The minimum Gasteiger partial charge on any atom is -0.496 e. The fraction of sp³-hybridized carbons (Fsp3) is 0.348. The molecule has 0 spiro atoms. The maximum absolute atomic E-state index is 14.1. The van der Waals surface area contributed by atoms with Crippen molar-refractivity contribution >= 4 is 26.9 Å². The van der Waals surface area contributed by atoms with Crippen LogP contribution in [0.15, 0.2) is 41.3 Å². The summed E-state index contributed by atoms with van der Waals surface area (Å²) in [5.41, 5.74) is 1.54. The maximum Gasteiger partial charge on any atom is 0.406 e. The summed E-state index contributed by atoms with van der Waals surface area (Å²) in [5.74, 6) is -0.524. The lowest BCUT2D eigenvalue weighted by Crippen LogP contribution is -2.48. The van der Waals surface area contributed by atoms with Crippen molar-refractivity contribution in [2.24, 2.45) is 0 Å². The highest BCUT2D eigenvalue weighted by molar-refractivity contribution is 7.89. The number of nitrogens with one attached hydrogen (secondary N) is 1. The summed E-state index contributed by atoms with van der Waals surface area (Å²) in [5, 5.41) is 0.388. The monoisotopic (exact) mass is 498 g/mol. The lowest BCUT2D eigenvalue weighted by molar-refractivity contribution is -0.154. The molecule has 1 unspecified atom stereocenters. The number of methoxy groups -OCH3 is 2. The third-order valence-corrected chi connectivity index (χ3v) is 7.23. The maximum atomic E-state index is 14.1. The number of nitrogens with zero attached hydrogens (tertiary/aromatic N) is 1. The van der Waals surface area contributed by atoms with Crippen LogP contribution < -0.4 is 9.46 Å². The number of ether oxygens (including phenoxy) is 2. The highest BCUT2D eigenvalue weighted by atomic mass is 32.2. The first-order valence-corrected chi connectivity index (χ1v) is 11.7. The van der Waals surface area contributed by atoms with E-state index in [1.807, 2.05) is 4.72 Å². The van der Waals surface area contributed by atoms with Crippen LogP contribution in [0.5, 0.6) is 5.75 Å². The van der Waals surface area contributed by atoms with E-state index in [9.17, 15) is 26.4 Å². The summed E-state index contributed by atoms with van der Waals surface area (Å²) < 4.78 is 81.4. The van der Waals surface area contributed by atoms with Gasteiger partial charge in [0, 0.05) is 11.9 Å². The number of aryl methyl sites for hydroxylation is 3. The van der Waals surface area contributed by atoms with Gasteiger partial charge in [-0.25, -0.2) is 13.2 Å². The summed E-state index contributed by atoms with van der Waals surface area (Å²) in [7, 11) is -2.06. The van der Waals surface area contributed by atoms with Crippen LogP contribution in [-0.2, 0) is 21.3 Å². The van der Waals surface area contributed by atoms with Gasteiger partial charge < -0.3 is 14.0 Å². The summed E-state index contributed by atoms with van der Waals surface area (Å²) in [6.07, 6.45) is -4.96. The van der Waals surface area contributed by atoms with E-state index in [-0.39, 0.29) is 16.1 Å². The van der Waals surface area contributed by atoms with E-state index in [0.717, 1.165) is 17.2 Å². The smallest absolute Gasteiger partial charge is 0.406 e. The van der Waals surface area contributed by atoms with Crippen molar-refractivity contribution in [1.82, 2.24) is 9.29 Å². The van der Waals surface area contributed by atoms with E-state index in [1.165, 1.54) is 33.1 Å². The predicted octanol–water partition coefficient (Wildman–Crippen LogP) is 4.27. The first-order valence-electron chi connectivity index (χ1n) is 10.2. The Morgan fingerprint density at radius 2 is 1.71 bits per heavy atom. The molecule has 2 aromatic carbocycles. The Kier molecular flexibility index (Phi) is 6.99. The van der Waals surface area contributed by atoms with E-state index >= 15 is 0 Å². The van der Waals surface area contributed by atoms with Crippen molar-refractivity contribution in [3.05, 3.63) is 58.8 Å². The van der Waals surface area contributed by atoms with Gasteiger partial charge in [0.05, 0.1) is 24.6 Å². The van der Waals surface area contributed by atoms with Crippen LogP contribution in [0.3, 0.4) is 0 Å². The standard InChI is InChI=1S/C23H25F3N2O5S/c1-13-9-14(2)21(15(3)10-13)34(30,31)27-20(23(24,25)26)12-28-17-7-6-8-19(32-4)16(17)11-18(28)22(29)33-5/h6-11,20,27H,12H2,1-5H3. The molecule has 3 aromatic rings. The molecule has 1 atom stereocenters. The fourth-order valence-electron chi connectivity index (χ4n) is 4.13. The quantitative estimate of drug-likeness (QED) is 0.492. The molecular weight excluding hydrogens is 473 g/mol. The zero-order valence-electron chi connectivity index (χ0n) is 19.3. The topological polar surface area (TPSA) is 86.6 Å². The van der Waals surface area contributed by atoms with Crippen molar-refractivity contribution in [2.75, 3.05) is 14.2 Å². The van der Waals surface area contributed by atoms with E-state index in [0.29, 0.717) is 22.3 Å². The second kappa shape index (κ2) is 9.30. The van der Waals surface area contributed by atoms with Crippen LogP contribution in [0.25, 0.3) is 10.9 Å². The van der Waals surface area contributed by atoms with Crippen molar-refractivity contribution in [1.29, 1.82) is 0 Å². The van der Waals surface area contributed by atoms with Gasteiger partial charge in [-0.1, -0.05) is 23.8 Å². The minimum absolute atomic E-state index is 0.168. The molecule has 1 N–H and O–H groups in total. The van der Waals surface area contributed by atoms with Crippen LogP contribution in [0, 0.1) is 20.8 Å². The van der Waals surface area contributed by atoms with Crippen molar-refractivity contribution < 1.29 is 35.9 Å². The van der Waals surface area contributed by atoms with Gasteiger partial charge in [0.1, 0.15) is 17.5 Å². The number of alkyl halides is 3. The third kappa shape index (κ3) is 4.90. The van der Waals surface area contributed by atoms with Gasteiger partial charge in [0.15, 0.2) is 0 Å². The van der Waals surface area contributed by atoms with Crippen molar-refractivity contribution in [3.63, 3.8) is 0 Å². The SMILES string of the molecule is COC(=O)c1cc2c(OC)cccc2n1CC(NS(=O)(=O)c1c(C)cc(C)cc1C)C(F)(F)F. The Morgan fingerprint density at radius 3 is 2.24 bits per heavy atom. The normalized spacial score (nSPS) is 13.2. The highest BCUT2D eigenvalue weighted by Crippen LogP contribution is 2.32. The number of rotatable bonds is 7. The zero-order chi connectivity index (χ0) is 25.4. The Morgan fingerprint density at radius 1 is 1.09 bits per heavy atom. The van der Waals surface area contributed by atoms with Gasteiger partial charge in [0.2, 0.25) is 10.0 Å². The van der Waals surface area contributed by atoms with Crippen LogP contribution in [-0.4, -0.2) is 45.4 Å². The fourth-order valence-corrected chi connectivity index (χ4v) is 5.80. The average Bonchev–Trinajstić information content (AvgIpc) is 3.09. The second-order valence-electron chi connectivity index (χ2n) is 7.97. The number of fused-ring (bicyclic) bond motifs is 1. The molecule has 0 amide bonds. The van der Waals surface area contributed by atoms with Gasteiger partial charge in [-0.05, 0) is 50.1 Å². The number of sulfonamides is 1. The molecule has 184 valence electrons. The third-order valence-electron chi connectivity index (χ3n) is 5.45. The lowest BCUT2D eigenvalue weighted by atomic mass is 10.1. The molecule has 3 rings (SSSR count). The molecule has 7 nitrogen and oxygen atoms in total. The molecule has 1 aromatic heterocycles. The van der Waals surface area contributed by atoms with Crippen LogP contribution >= 0.6 is 0 Å². The Balaban J connectivity index is 2.13. The molecule has 0 radical (unpaired) electrons. The first-order chi connectivity index (χ1) is 15.8. The number of benzene rings is 2. The van der Waals surface area contributed by atoms with Gasteiger partial charge in [-0.15, -0.1) is 0 Å². The molecule has 1 heterocycles. The molecule has 0 bridgehead atoms. The van der Waals surface area contributed by atoms with E-state index in [1.54, 1.807) is 31.2 Å². The predicted molar refractivity (Wildman–Crippen MR) is 121 cm³/mol. The molecule has 11 heteroatoms. The minimum atomic E-state index is -4.96. The van der Waals surface area contributed by atoms with E-state index < -0.39 is 34.8 Å². The van der Waals surface area contributed by atoms with Crippen LogP contribution in [0.2, 0.25) is 0 Å². The molecule has 0 aliphatic rings. The Labute approximate surface area is 195 Å². The number of hydrogen-bond donors (Lipinski definition) is 1. The van der Waals surface area contributed by atoms with E-state index in [2.05, 4.69) is 0 Å². The number of carbonyl (C=O) groups excluding carboxylic acids is 1. The first kappa shape index (κ1) is 25.6. The Bertz CT molecular complexity index is 1320. The van der Waals surface area contributed by atoms with Gasteiger partial charge in [-0.2, -0.15) is 17.9 Å². The van der Waals surface area contributed by atoms with Gasteiger partial charge in [0.25, 0.3) is 0 Å². The van der Waals surface area contributed by atoms with E-state index in [4.69, 9.17) is 9.47 Å². The Hall–Kier alpha value is -3.05. The molecule has 34 heavy (non-hydrogen) atoms. The number of esters is 1. The summed E-state index contributed by atoms with van der Waals surface area (Å²) in [4.78, 5) is 12.2. The number of halogens is 3. The average molecular weight is 499 g/mol. The van der Waals surface area contributed by atoms with Gasteiger partial charge >= 0.3 is 12.1 Å². The summed E-state index contributed by atoms with van der Waals surface area (Å²) >= 11 is 0. The molecule has 0 aliphatic heterocycles. The molecule has 0 saturated carbocycles. The summed E-state index contributed by atoms with van der Waals surface area (Å²) in [6.45, 7) is 3.92. The molecule has 0 fully saturated rings. The van der Waals surface area contributed by atoms with Gasteiger partial charge in [-0.3, -0.25) is 0 Å². The number of hydrogen-bond acceptors (Lipinski definition) is 5.